The van der Waals surface area contributed by atoms with Crippen LogP contribution in [0.15, 0.2) is 48.9 Å². The number of nitrogens with one attached hydrogen (secondary N) is 2. The highest BCUT2D eigenvalue weighted by molar-refractivity contribution is 6.32. The van der Waals surface area contributed by atoms with Gasteiger partial charge >= 0.3 is 0 Å². The van der Waals surface area contributed by atoms with Crippen molar-refractivity contribution in [1.82, 2.24) is 24.7 Å². The lowest BCUT2D eigenvalue weighted by Gasteiger charge is -2.21. The molecule has 0 radical (unpaired) electrons. The number of benzene rings is 1. The number of aromatic nitrogens is 4. The molecule has 4 rings (SSSR count). The van der Waals surface area contributed by atoms with Crippen molar-refractivity contribution in [2.24, 2.45) is 0 Å². The number of likely N-dealkylation sites (N-methyl/N-ethyl adjacent to an activating group) is 1. The third kappa shape index (κ3) is 5.31. The van der Waals surface area contributed by atoms with Crippen LogP contribution in [-0.2, 0) is 4.79 Å². The summed E-state index contributed by atoms with van der Waals surface area (Å²) in [6, 6.07) is 8.45. The second-order valence-electron chi connectivity index (χ2n) is 7.98. The van der Waals surface area contributed by atoms with Gasteiger partial charge in [-0.2, -0.15) is 0 Å². The van der Waals surface area contributed by atoms with E-state index >= 15 is 0 Å². The number of aliphatic hydroxyl groups excluding tert-OH is 1. The number of ether oxygens (including phenoxy) is 1. The smallest absolute Gasteiger partial charge is 0.248 e. The van der Waals surface area contributed by atoms with Gasteiger partial charge in [-0.25, -0.2) is 19.3 Å². The van der Waals surface area contributed by atoms with E-state index in [-0.39, 0.29) is 11.6 Å². The summed E-state index contributed by atoms with van der Waals surface area (Å²) in [6.45, 7) is 2.32. The Morgan fingerprint density at radius 1 is 1.31 bits per heavy atom. The maximum atomic E-state index is 14.1. The van der Waals surface area contributed by atoms with Crippen molar-refractivity contribution >= 4 is 40.5 Å². The Hall–Kier alpha value is -3.96. The van der Waals surface area contributed by atoms with Gasteiger partial charge in [0.1, 0.15) is 17.5 Å². The quantitative estimate of drug-likeness (QED) is 0.312. The number of imidazole rings is 1. The number of carbonyl (C=O) groups excluding carboxylic acids is 1. The lowest BCUT2D eigenvalue weighted by Crippen LogP contribution is -2.37. The molecule has 188 valence electrons. The molecular weight excluding hydrogens is 489 g/mol. The molecule has 1 aromatic carbocycles. The number of halogens is 2. The highest BCUT2D eigenvalue weighted by atomic mass is 35.5. The first-order chi connectivity index (χ1) is 17.3. The Balaban J connectivity index is 1.54. The van der Waals surface area contributed by atoms with Crippen molar-refractivity contribution in [1.29, 1.82) is 0 Å². The summed E-state index contributed by atoms with van der Waals surface area (Å²) in [5.41, 5.74) is 2.56. The van der Waals surface area contributed by atoms with Crippen LogP contribution in [0.4, 0.5) is 21.7 Å². The lowest BCUT2D eigenvalue weighted by atomic mass is 10.2. The molecule has 0 aliphatic heterocycles. The number of carbonyl (C=O) groups is 1. The van der Waals surface area contributed by atoms with Crippen molar-refractivity contribution in [3.63, 3.8) is 0 Å². The fraction of sp³-hybridized carbons (Fsp3) is 0.250. The van der Waals surface area contributed by atoms with Crippen molar-refractivity contribution in [2.45, 2.75) is 13.0 Å². The van der Waals surface area contributed by atoms with E-state index in [1.165, 1.54) is 25.4 Å². The Morgan fingerprint density at radius 2 is 2.11 bits per heavy atom. The van der Waals surface area contributed by atoms with Gasteiger partial charge in [-0.1, -0.05) is 11.6 Å². The monoisotopic (exact) mass is 513 g/mol. The average Bonchev–Trinajstić information content (AvgIpc) is 3.30. The summed E-state index contributed by atoms with van der Waals surface area (Å²) in [5.74, 6) is -0.0605. The van der Waals surface area contributed by atoms with Crippen molar-refractivity contribution in [2.75, 3.05) is 37.5 Å². The van der Waals surface area contributed by atoms with E-state index in [1.807, 2.05) is 30.1 Å². The zero-order valence-corrected chi connectivity index (χ0v) is 20.6. The number of hydrogen-bond acceptors (Lipinski definition) is 8. The van der Waals surface area contributed by atoms with Crippen molar-refractivity contribution in [3.8, 4) is 17.1 Å². The molecule has 3 heterocycles. The average molecular weight is 514 g/mol. The number of aliphatic hydroxyl groups is 1. The molecule has 0 bridgehead atoms. The lowest BCUT2D eigenvalue weighted by molar-refractivity contribution is -0.128. The molecule has 0 fully saturated rings. The molecule has 3 N–H and O–H groups in total. The van der Waals surface area contributed by atoms with Crippen LogP contribution >= 0.6 is 11.6 Å². The van der Waals surface area contributed by atoms with Crippen LogP contribution in [0, 0.1) is 5.82 Å². The molecule has 1 unspecified atom stereocenters. The summed E-state index contributed by atoms with van der Waals surface area (Å²) in [5, 5.41) is 15.4. The summed E-state index contributed by atoms with van der Waals surface area (Å²) < 4.78 is 21.2. The van der Waals surface area contributed by atoms with Crippen LogP contribution in [0.1, 0.15) is 6.92 Å². The number of fused-ring (bicyclic) bond motifs is 1. The number of pyridine rings is 1. The fourth-order valence-electron chi connectivity index (χ4n) is 3.52. The number of anilines is 3. The molecule has 12 heteroatoms. The largest absolute Gasteiger partial charge is 0.494 e. The van der Waals surface area contributed by atoms with E-state index in [4.69, 9.17) is 16.3 Å². The summed E-state index contributed by atoms with van der Waals surface area (Å²) in [4.78, 5) is 26.4. The van der Waals surface area contributed by atoms with Gasteiger partial charge in [-0.05, 0) is 31.2 Å². The van der Waals surface area contributed by atoms with Gasteiger partial charge in [-0.3, -0.25) is 9.20 Å². The molecule has 36 heavy (non-hydrogen) atoms. The molecule has 0 saturated heterocycles. The Morgan fingerprint density at radius 3 is 2.86 bits per heavy atom. The van der Waals surface area contributed by atoms with E-state index in [2.05, 4.69) is 25.6 Å². The SMILES string of the molecule is COc1cc(N(C)CCNC(=O)C(C)O)ccc1Nc1ncc(Cl)c(-c2cnc3c(F)cccn23)n1. The van der Waals surface area contributed by atoms with Crippen LogP contribution in [0.2, 0.25) is 5.02 Å². The van der Waals surface area contributed by atoms with Gasteiger partial charge in [-0.15, -0.1) is 0 Å². The molecule has 0 saturated carbocycles. The maximum Gasteiger partial charge on any atom is 0.248 e. The van der Waals surface area contributed by atoms with Crippen LogP contribution in [0.3, 0.4) is 0 Å². The molecule has 4 aromatic rings. The molecule has 10 nitrogen and oxygen atoms in total. The standard InChI is InChI=1S/C24H25ClFN7O3/c1-14(34)23(35)27-8-10-32(2)15-6-7-18(20(11-15)36-3)30-24-29-12-16(25)21(31-24)19-13-28-22-17(26)5-4-9-33(19)22/h4-7,9,11-14,34H,8,10H2,1-3H3,(H,27,35)(H,29,30,31). The van der Waals surface area contributed by atoms with Gasteiger partial charge < -0.3 is 25.4 Å². The number of nitrogens with zero attached hydrogens (tertiary/aromatic N) is 5. The van der Waals surface area contributed by atoms with E-state index < -0.39 is 17.8 Å². The van der Waals surface area contributed by atoms with Gasteiger partial charge in [0, 0.05) is 38.1 Å². The van der Waals surface area contributed by atoms with E-state index in [0.29, 0.717) is 40.9 Å². The summed E-state index contributed by atoms with van der Waals surface area (Å²) in [6.07, 6.45) is 3.59. The van der Waals surface area contributed by atoms with Crippen molar-refractivity contribution in [3.05, 3.63) is 59.8 Å². The highest BCUT2D eigenvalue weighted by Crippen LogP contribution is 2.33. The number of amides is 1. The van der Waals surface area contributed by atoms with E-state index in [0.717, 1.165) is 5.69 Å². The van der Waals surface area contributed by atoms with Gasteiger partial charge in [0.25, 0.3) is 0 Å². The number of hydrogen-bond donors (Lipinski definition) is 3. The van der Waals surface area contributed by atoms with Crippen LogP contribution < -0.4 is 20.3 Å². The first-order valence-corrected chi connectivity index (χ1v) is 11.4. The second-order valence-corrected chi connectivity index (χ2v) is 8.39. The molecule has 0 spiro atoms. The maximum absolute atomic E-state index is 14.1. The zero-order chi connectivity index (χ0) is 25.8. The van der Waals surface area contributed by atoms with Crippen molar-refractivity contribution < 1.29 is 19.0 Å². The predicted molar refractivity (Wildman–Crippen MR) is 135 cm³/mol. The van der Waals surface area contributed by atoms with E-state index in [1.54, 1.807) is 23.8 Å². The summed E-state index contributed by atoms with van der Waals surface area (Å²) >= 11 is 6.37. The van der Waals surface area contributed by atoms with Crippen LogP contribution in [0.5, 0.6) is 5.75 Å². The Bertz CT molecular complexity index is 1400. The molecule has 3 aromatic heterocycles. The molecule has 1 amide bonds. The van der Waals surface area contributed by atoms with Crippen LogP contribution in [0.25, 0.3) is 17.0 Å². The minimum Gasteiger partial charge on any atom is -0.494 e. The molecule has 1 atom stereocenters. The predicted octanol–water partition coefficient (Wildman–Crippen LogP) is 3.27. The summed E-state index contributed by atoms with van der Waals surface area (Å²) in [7, 11) is 3.43. The normalized spacial score (nSPS) is 11.8. The molecule has 0 aliphatic rings. The minimum absolute atomic E-state index is 0.170. The fourth-order valence-corrected chi connectivity index (χ4v) is 3.71. The third-order valence-electron chi connectivity index (χ3n) is 5.47. The minimum atomic E-state index is -1.05. The number of rotatable bonds is 9. The molecule has 0 aliphatic carbocycles. The first-order valence-electron chi connectivity index (χ1n) is 11.0. The third-order valence-corrected chi connectivity index (χ3v) is 5.75. The van der Waals surface area contributed by atoms with E-state index in [9.17, 15) is 14.3 Å². The van der Waals surface area contributed by atoms with Gasteiger partial charge in [0.2, 0.25) is 11.9 Å². The zero-order valence-electron chi connectivity index (χ0n) is 19.9. The highest BCUT2D eigenvalue weighted by Gasteiger charge is 2.16. The van der Waals surface area contributed by atoms with Gasteiger partial charge in [0.05, 0.1) is 35.9 Å². The van der Waals surface area contributed by atoms with Gasteiger partial charge in [0.15, 0.2) is 11.5 Å². The molecular formula is C24H25ClFN7O3. The second kappa shape index (κ2) is 10.8. The number of methoxy groups -OCH3 is 1. The topological polar surface area (TPSA) is 117 Å². The first kappa shape index (κ1) is 25.1. The Labute approximate surface area is 211 Å². The van der Waals surface area contributed by atoms with Crippen LogP contribution in [-0.4, -0.2) is 63.7 Å². The Kier molecular flexibility index (Phi) is 7.51.